The van der Waals surface area contributed by atoms with E-state index in [9.17, 15) is 27.0 Å². The highest BCUT2D eigenvalue weighted by atomic mass is 32.2. The smallest absolute Gasteiger partial charge is 0.339 e. The molecule has 0 aliphatic heterocycles. The summed E-state index contributed by atoms with van der Waals surface area (Å²) in [6.45, 7) is 0. The number of hydrogen-bond donors (Lipinski definition) is 4. The van der Waals surface area contributed by atoms with E-state index in [1.807, 2.05) is 0 Å². The molecule has 0 aliphatic rings. The summed E-state index contributed by atoms with van der Waals surface area (Å²) in [6, 6.07) is 4.81. The van der Waals surface area contributed by atoms with Crippen molar-refractivity contribution in [1.29, 1.82) is 0 Å². The molecular formula is C12H10O9S2. The lowest BCUT2D eigenvalue weighted by atomic mass is 10.3. The second-order valence-electron chi connectivity index (χ2n) is 4.29. The number of rotatable bonds is 4. The molecule has 0 spiro atoms. The van der Waals surface area contributed by atoms with E-state index in [4.69, 9.17) is 9.66 Å². The predicted octanol–water partition coefficient (Wildman–Crippen LogP) is 0.818. The summed E-state index contributed by atoms with van der Waals surface area (Å²) in [4.78, 5) is -1.24. The zero-order valence-corrected chi connectivity index (χ0v) is 12.7. The number of phenolic OH excluding ortho intramolecular Hbond substituents is 3. The van der Waals surface area contributed by atoms with Crippen LogP contribution in [0.1, 0.15) is 0 Å². The van der Waals surface area contributed by atoms with Gasteiger partial charge < -0.3 is 19.5 Å². The van der Waals surface area contributed by atoms with Crippen molar-refractivity contribution >= 4 is 20.2 Å². The molecule has 0 atom stereocenters. The molecule has 4 N–H and O–H groups in total. The fourth-order valence-electron chi connectivity index (χ4n) is 1.55. The van der Waals surface area contributed by atoms with E-state index in [1.165, 1.54) is 0 Å². The van der Waals surface area contributed by atoms with Crippen molar-refractivity contribution in [2.45, 2.75) is 9.79 Å². The fourth-order valence-corrected chi connectivity index (χ4v) is 3.00. The molecule has 0 amide bonds. The third-order valence-corrected chi connectivity index (χ3v) is 4.74. The zero-order chi connectivity index (χ0) is 17.4. The molecule has 2 aromatic carbocycles. The fraction of sp³-hybridized carbons (Fsp3) is 0. The lowest BCUT2D eigenvalue weighted by Gasteiger charge is -2.10. The van der Waals surface area contributed by atoms with Crippen LogP contribution in [-0.2, 0) is 20.2 Å². The van der Waals surface area contributed by atoms with Crippen LogP contribution < -0.4 is 4.18 Å². The van der Waals surface area contributed by atoms with Crippen molar-refractivity contribution in [3.05, 3.63) is 36.4 Å². The van der Waals surface area contributed by atoms with Gasteiger partial charge in [-0.3, -0.25) is 4.55 Å². The highest BCUT2D eigenvalue weighted by Gasteiger charge is 2.22. The van der Waals surface area contributed by atoms with E-state index in [2.05, 4.69) is 4.18 Å². The van der Waals surface area contributed by atoms with Gasteiger partial charge in [-0.05, 0) is 24.3 Å². The number of aromatic hydroxyl groups is 3. The Morgan fingerprint density at radius 1 is 0.739 bits per heavy atom. The third kappa shape index (κ3) is 3.64. The van der Waals surface area contributed by atoms with Crippen molar-refractivity contribution in [3.63, 3.8) is 0 Å². The maximum absolute atomic E-state index is 12.0. The van der Waals surface area contributed by atoms with Crippen molar-refractivity contribution in [3.8, 4) is 23.0 Å². The molecule has 0 radical (unpaired) electrons. The highest BCUT2D eigenvalue weighted by Crippen LogP contribution is 2.33. The molecule has 0 saturated heterocycles. The maximum atomic E-state index is 12.0. The van der Waals surface area contributed by atoms with Gasteiger partial charge in [0.25, 0.3) is 10.1 Å². The van der Waals surface area contributed by atoms with E-state index < -0.39 is 53.0 Å². The lowest BCUT2D eigenvalue weighted by molar-refractivity contribution is 0.401. The van der Waals surface area contributed by atoms with E-state index in [-0.39, 0.29) is 0 Å². The molecule has 23 heavy (non-hydrogen) atoms. The lowest BCUT2D eigenvalue weighted by Crippen LogP contribution is -2.10. The molecule has 2 aromatic rings. The van der Waals surface area contributed by atoms with Crippen LogP contribution in [-0.4, -0.2) is 36.7 Å². The first-order valence-corrected chi connectivity index (χ1v) is 8.62. The number of hydrogen-bond acceptors (Lipinski definition) is 8. The van der Waals surface area contributed by atoms with E-state index in [0.717, 1.165) is 24.3 Å². The Hall–Kier alpha value is -2.50. The third-order valence-electron chi connectivity index (χ3n) is 2.66. The first kappa shape index (κ1) is 16.9. The SMILES string of the molecule is O=S(=O)(O)c1ccc(O)c(OS(=O)(=O)c2ccc(O)c(O)c2)c1. The standard InChI is InChI=1S/C12H10O9S2/c13-9-3-2-8(5-11(9)15)23(19,20)21-12-6-7(22(16,17)18)1-4-10(12)14/h1-6,13-15H,(H,16,17,18). The zero-order valence-electron chi connectivity index (χ0n) is 11.1. The second-order valence-corrected chi connectivity index (χ2v) is 7.26. The molecule has 0 unspecified atom stereocenters. The molecule has 11 heteroatoms. The molecule has 0 heterocycles. The van der Waals surface area contributed by atoms with Crippen LogP contribution in [0.2, 0.25) is 0 Å². The summed E-state index contributed by atoms with van der Waals surface area (Å²) < 4.78 is 59.6. The number of benzene rings is 2. The normalized spacial score (nSPS) is 12.0. The molecule has 0 bridgehead atoms. The Morgan fingerprint density at radius 3 is 1.87 bits per heavy atom. The average molecular weight is 362 g/mol. The summed E-state index contributed by atoms with van der Waals surface area (Å²) in [6.07, 6.45) is 0. The van der Waals surface area contributed by atoms with Crippen LogP contribution in [0.5, 0.6) is 23.0 Å². The molecule has 0 aromatic heterocycles. The van der Waals surface area contributed by atoms with Gasteiger partial charge in [-0.1, -0.05) is 0 Å². The van der Waals surface area contributed by atoms with Gasteiger partial charge in [-0.2, -0.15) is 16.8 Å². The number of phenols is 3. The molecular weight excluding hydrogens is 352 g/mol. The van der Waals surface area contributed by atoms with Crippen LogP contribution in [0.15, 0.2) is 46.2 Å². The first-order chi connectivity index (χ1) is 10.5. The molecule has 0 fully saturated rings. The van der Waals surface area contributed by atoms with Crippen LogP contribution in [0.3, 0.4) is 0 Å². The van der Waals surface area contributed by atoms with Gasteiger partial charge in [0, 0.05) is 12.1 Å². The Kier molecular flexibility index (Phi) is 4.11. The van der Waals surface area contributed by atoms with Gasteiger partial charge in [-0.15, -0.1) is 0 Å². The van der Waals surface area contributed by atoms with Crippen LogP contribution in [0.25, 0.3) is 0 Å². The second kappa shape index (κ2) is 5.61. The predicted molar refractivity (Wildman–Crippen MR) is 75.5 cm³/mol. The van der Waals surface area contributed by atoms with Crippen molar-refractivity contribution in [2.24, 2.45) is 0 Å². The molecule has 124 valence electrons. The average Bonchev–Trinajstić information content (AvgIpc) is 2.42. The van der Waals surface area contributed by atoms with E-state index >= 15 is 0 Å². The Bertz CT molecular complexity index is 962. The Morgan fingerprint density at radius 2 is 1.30 bits per heavy atom. The monoisotopic (exact) mass is 362 g/mol. The Labute approximate surface area is 130 Å². The summed E-state index contributed by atoms with van der Waals surface area (Å²) in [7, 11) is -9.18. The highest BCUT2D eigenvalue weighted by molar-refractivity contribution is 7.87. The van der Waals surface area contributed by atoms with E-state index in [0.29, 0.717) is 12.1 Å². The topological polar surface area (TPSA) is 158 Å². The van der Waals surface area contributed by atoms with Gasteiger partial charge in [-0.25, -0.2) is 0 Å². The molecule has 9 nitrogen and oxygen atoms in total. The van der Waals surface area contributed by atoms with Gasteiger partial charge in [0.05, 0.1) is 4.90 Å². The summed E-state index contributed by atoms with van der Waals surface area (Å²) >= 11 is 0. The van der Waals surface area contributed by atoms with Gasteiger partial charge in [0.2, 0.25) is 0 Å². The minimum Gasteiger partial charge on any atom is -0.504 e. The largest absolute Gasteiger partial charge is 0.504 e. The quantitative estimate of drug-likeness (QED) is 0.351. The minimum absolute atomic E-state index is 0.551. The minimum atomic E-state index is -4.63. The van der Waals surface area contributed by atoms with Crippen molar-refractivity contribution < 1.29 is 40.9 Å². The summed E-state index contributed by atoms with van der Waals surface area (Å²) in [5.41, 5.74) is 0. The van der Waals surface area contributed by atoms with Crippen molar-refractivity contribution in [2.75, 3.05) is 0 Å². The first-order valence-electron chi connectivity index (χ1n) is 5.78. The van der Waals surface area contributed by atoms with Crippen LogP contribution in [0.4, 0.5) is 0 Å². The van der Waals surface area contributed by atoms with Gasteiger partial charge in [0.15, 0.2) is 23.0 Å². The van der Waals surface area contributed by atoms with Crippen molar-refractivity contribution in [1.82, 2.24) is 0 Å². The van der Waals surface area contributed by atoms with Crippen LogP contribution >= 0.6 is 0 Å². The Balaban J connectivity index is 2.46. The summed E-state index contributed by atoms with van der Waals surface area (Å²) in [5, 5.41) is 28.0. The summed E-state index contributed by atoms with van der Waals surface area (Å²) in [5.74, 6) is -2.71. The molecule has 0 saturated carbocycles. The molecule has 2 rings (SSSR count). The van der Waals surface area contributed by atoms with Gasteiger partial charge in [0.1, 0.15) is 4.90 Å². The molecule has 0 aliphatic carbocycles. The van der Waals surface area contributed by atoms with E-state index in [1.54, 1.807) is 0 Å². The van der Waals surface area contributed by atoms with Crippen LogP contribution in [0, 0.1) is 0 Å². The maximum Gasteiger partial charge on any atom is 0.339 e. The van der Waals surface area contributed by atoms with Gasteiger partial charge >= 0.3 is 10.1 Å².